The molecule has 0 unspecified atom stereocenters. The predicted octanol–water partition coefficient (Wildman–Crippen LogP) is 3.49. The van der Waals surface area contributed by atoms with Crippen LogP contribution in [-0.2, 0) is 10.3 Å². The van der Waals surface area contributed by atoms with Gasteiger partial charge in [-0.2, -0.15) is 0 Å². The van der Waals surface area contributed by atoms with Gasteiger partial charge in [0.2, 0.25) is 0 Å². The van der Waals surface area contributed by atoms with Crippen molar-refractivity contribution in [1.82, 2.24) is 0 Å². The highest BCUT2D eigenvalue weighted by Gasteiger charge is 2.47. The Labute approximate surface area is 184 Å². The quantitative estimate of drug-likeness (QED) is 0.361. The first-order valence-electron chi connectivity index (χ1n) is 10.1. The Morgan fingerprint density at radius 2 is 0.839 bits per heavy atom. The summed E-state index contributed by atoms with van der Waals surface area (Å²) in [6.07, 6.45) is 0. The number of rotatable bonds is 6. The predicted molar refractivity (Wildman–Crippen MR) is 123 cm³/mol. The van der Waals surface area contributed by atoms with E-state index in [-0.39, 0.29) is 0 Å². The van der Waals surface area contributed by atoms with Crippen molar-refractivity contribution in [2.45, 2.75) is 44.5 Å². The highest BCUT2D eigenvalue weighted by Crippen LogP contribution is 2.45. The first-order chi connectivity index (χ1) is 14.5. The Bertz CT molecular complexity index is 807. The number of hydrogen-bond donors (Lipinski definition) is 4. The van der Waals surface area contributed by atoms with E-state index in [2.05, 4.69) is 36.4 Å². The van der Waals surface area contributed by atoms with Crippen molar-refractivity contribution in [2.24, 2.45) is 0 Å². The van der Waals surface area contributed by atoms with Crippen LogP contribution in [0.5, 0.6) is 0 Å². The molecule has 0 radical (unpaired) electrons. The zero-order valence-corrected chi connectivity index (χ0v) is 18.4. The number of benzene rings is 3. The molecule has 0 aliphatic heterocycles. The summed E-state index contributed by atoms with van der Waals surface area (Å²) in [5.41, 5.74) is 0.400. The van der Waals surface area contributed by atoms with E-state index in [0.717, 1.165) is 16.7 Å². The van der Waals surface area contributed by atoms with Crippen LogP contribution in [-0.4, -0.2) is 38.7 Å². The van der Waals surface area contributed by atoms with Crippen LogP contribution in [0.3, 0.4) is 0 Å². The average Bonchev–Trinajstić information content (AvgIpc) is 2.73. The SMILES string of the molecule is CC(C)(O)C(C)(C)OC(c1ccccc1)(c1ccccc1)c1ccccc1.OB(O)O. The number of aliphatic hydroxyl groups is 1. The van der Waals surface area contributed by atoms with Gasteiger partial charge in [-0.05, 0) is 44.4 Å². The summed E-state index contributed by atoms with van der Waals surface area (Å²) in [6.45, 7) is 7.46. The van der Waals surface area contributed by atoms with E-state index >= 15 is 0 Å². The molecule has 0 amide bonds. The topological polar surface area (TPSA) is 90.2 Å². The lowest BCUT2D eigenvalue weighted by molar-refractivity contribution is -0.192. The fourth-order valence-electron chi connectivity index (χ4n) is 3.20. The maximum Gasteiger partial charge on any atom is 0.631 e. The first-order valence-corrected chi connectivity index (χ1v) is 10.1. The van der Waals surface area contributed by atoms with Gasteiger partial charge >= 0.3 is 7.32 Å². The third kappa shape index (κ3) is 6.03. The lowest BCUT2D eigenvalue weighted by atomic mass is 9.78. The van der Waals surface area contributed by atoms with E-state index in [1.165, 1.54) is 0 Å². The minimum Gasteiger partial charge on any atom is -0.402 e. The minimum atomic E-state index is -2.17. The molecule has 5 nitrogen and oxygen atoms in total. The molecule has 0 aromatic heterocycles. The van der Waals surface area contributed by atoms with Gasteiger partial charge in [0.15, 0.2) is 0 Å². The average molecular weight is 422 g/mol. The second-order valence-corrected chi connectivity index (χ2v) is 8.30. The maximum atomic E-state index is 10.8. The molecular formula is C25H31BO5. The van der Waals surface area contributed by atoms with Crippen LogP contribution in [0.4, 0.5) is 0 Å². The summed E-state index contributed by atoms with van der Waals surface area (Å²) in [4.78, 5) is 0. The third-order valence-electron chi connectivity index (χ3n) is 5.42. The van der Waals surface area contributed by atoms with Crippen molar-refractivity contribution in [1.29, 1.82) is 0 Å². The molecule has 164 valence electrons. The van der Waals surface area contributed by atoms with E-state index in [9.17, 15) is 5.11 Å². The van der Waals surface area contributed by atoms with Crippen molar-refractivity contribution < 1.29 is 24.9 Å². The molecule has 4 N–H and O–H groups in total. The monoisotopic (exact) mass is 422 g/mol. The van der Waals surface area contributed by atoms with E-state index in [1.54, 1.807) is 13.8 Å². The third-order valence-corrected chi connectivity index (χ3v) is 5.42. The van der Waals surface area contributed by atoms with Crippen LogP contribution in [0.2, 0.25) is 0 Å². The molecule has 3 rings (SSSR count). The zero-order valence-electron chi connectivity index (χ0n) is 18.4. The first kappa shape index (κ1) is 24.8. The van der Waals surface area contributed by atoms with Crippen LogP contribution >= 0.6 is 0 Å². The lowest BCUT2D eigenvalue weighted by Gasteiger charge is -2.47. The molecule has 0 saturated carbocycles. The Morgan fingerprint density at radius 1 is 0.581 bits per heavy atom. The smallest absolute Gasteiger partial charge is 0.402 e. The minimum absolute atomic E-state index is 0.811. The molecule has 6 heteroatoms. The van der Waals surface area contributed by atoms with Crippen molar-refractivity contribution in [3.8, 4) is 0 Å². The van der Waals surface area contributed by atoms with Gasteiger partial charge in [-0.3, -0.25) is 0 Å². The van der Waals surface area contributed by atoms with Crippen molar-refractivity contribution in [2.75, 3.05) is 0 Å². The number of hydrogen-bond acceptors (Lipinski definition) is 5. The summed E-state index contributed by atoms with van der Waals surface area (Å²) >= 11 is 0. The molecule has 3 aromatic carbocycles. The fraction of sp³-hybridized carbons (Fsp3) is 0.280. The Morgan fingerprint density at radius 3 is 1.06 bits per heavy atom. The highest BCUT2D eigenvalue weighted by molar-refractivity contribution is 6.30. The molecule has 0 fully saturated rings. The van der Waals surface area contributed by atoms with Crippen LogP contribution in [0, 0.1) is 0 Å². The second-order valence-electron chi connectivity index (χ2n) is 8.30. The Hall–Kier alpha value is -2.48. The van der Waals surface area contributed by atoms with Gasteiger partial charge in [-0.25, -0.2) is 0 Å². The summed E-state index contributed by atoms with van der Waals surface area (Å²) in [7, 11) is -2.17. The second kappa shape index (κ2) is 10.2. The fourth-order valence-corrected chi connectivity index (χ4v) is 3.20. The van der Waals surface area contributed by atoms with Gasteiger partial charge in [0, 0.05) is 0 Å². The largest absolute Gasteiger partial charge is 0.631 e. The summed E-state index contributed by atoms with van der Waals surface area (Å²) < 4.78 is 6.90. The maximum absolute atomic E-state index is 10.8. The van der Waals surface area contributed by atoms with Crippen molar-refractivity contribution >= 4 is 7.32 Å². The summed E-state index contributed by atoms with van der Waals surface area (Å²) in [6, 6.07) is 30.7. The highest BCUT2D eigenvalue weighted by atomic mass is 16.5. The van der Waals surface area contributed by atoms with E-state index in [0.29, 0.717) is 0 Å². The zero-order chi connectivity index (χ0) is 23.1. The van der Waals surface area contributed by atoms with Crippen LogP contribution in [0.25, 0.3) is 0 Å². The van der Waals surface area contributed by atoms with Crippen molar-refractivity contribution in [3.63, 3.8) is 0 Å². The van der Waals surface area contributed by atoms with Crippen molar-refractivity contribution in [3.05, 3.63) is 108 Å². The molecule has 0 bridgehead atoms. The Balaban J connectivity index is 0.000000785. The molecule has 0 saturated heterocycles. The molecule has 0 spiro atoms. The van der Waals surface area contributed by atoms with Gasteiger partial charge in [0.1, 0.15) is 5.60 Å². The lowest BCUT2D eigenvalue weighted by Crippen LogP contribution is -2.53. The molecule has 0 heterocycles. The molecule has 3 aromatic rings. The van der Waals surface area contributed by atoms with Crippen LogP contribution in [0.1, 0.15) is 44.4 Å². The summed E-state index contributed by atoms with van der Waals surface area (Å²) in [5.74, 6) is 0. The van der Waals surface area contributed by atoms with Gasteiger partial charge in [0.25, 0.3) is 0 Å². The number of ether oxygens (including phenoxy) is 1. The normalized spacial score (nSPS) is 12.0. The molecule has 0 aliphatic carbocycles. The van der Waals surface area contributed by atoms with Gasteiger partial charge < -0.3 is 24.9 Å². The van der Waals surface area contributed by atoms with Gasteiger partial charge in [-0.1, -0.05) is 91.0 Å². The van der Waals surface area contributed by atoms with Gasteiger partial charge in [-0.15, -0.1) is 0 Å². The molecular weight excluding hydrogens is 391 g/mol. The molecule has 0 aliphatic rings. The molecule has 0 atom stereocenters. The van der Waals surface area contributed by atoms with Gasteiger partial charge in [0.05, 0.1) is 11.2 Å². The van der Waals surface area contributed by atoms with Crippen LogP contribution < -0.4 is 0 Å². The standard InChI is InChI=1S/C25H28O2.BH3O3/c1-23(2,26)24(3,4)27-25(20-14-8-5-9-15-20,21-16-10-6-11-17-21)22-18-12-7-13-19-22;2-1(3)4/h5-19,26H,1-4H3;2-4H. The Kier molecular flexibility index (Phi) is 8.18. The van der Waals surface area contributed by atoms with E-state index < -0.39 is 24.1 Å². The molecule has 31 heavy (non-hydrogen) atoms. The van der Waals surface area contributed by atoms with E-state index in [4.69, 9.17) is 19.8 Å². The van der Waals surface area contributed by atoms with Crippen LogP contribution in [0.15, 0.2) is 91.0 Å². The van der Waals surface area contributed by atoms with E-state index in [1.807, 2.05) is 68.4 Å². The summed E-state index contributed by atoms with van der Waals surface area (Å²) in [5, 5.41) is 32.3.